The van der Waals surface area contributed by atoms with Crippen LogP contribution in [0.4, 0.5) is 23.3 Å². The number of nitrogen functional groups attached to an aromatic ring is 1. The van der Waals surface area contributed by atoms with Crippen LogP contribution in [-0.4, -0.2) is 19.9 Å². The molecule has 10 nitrogen and oxygen atoms in total. The van der Waals surface area contributed by atoms with Gasteiger partial charge in [-0.2, -0.15) is 4.98 Å². The first kappa shape index (κ1) is 13.5. The van der Waals surface area contributed by atoms with E-state index >= 15 is 0 Å². The lowest BCUT2D eigenvalue weighted by atomic mass is 10.4. The Morgan fingerprint density at radius 1 is 1.40 bits per heavy atom. The van der Waals surface area contributed by atoms with Gasteiger partial charge in [-0.3, -0.25) is 30.7 Å². The maximum absolute atomic E-state index is 11.4. The topological polar surface area (TPSA) is 152 Å². The van der Waals surface area contributed by atoms with Gasteiger partial charge < -0.3 is 5.73 Å². The predicted molar refractivity (Wildman–Crippen MR) is 72.4 cm³/mol. The number of halogens is 1. The lowest BCUT2D eigenvalue weighted by Gasteiger charge is -2.08. The minimum Gasteiger partial charge on any atom is -0.369 e. The summed E-state index contributed by atoms with van der Waals surface area (Å²) >= 11 is 5.66. The van der Waals surface area contributed by atoms with E-state index in [0.717, 1.165) is 0 Å². The Bertz CT molecular complexity index is 700. The van der Waals surface area contributed by atoms with Gasteiger partial charge in [0.05, 0.1) is 9.95 Å². The predicted octanol–water partition coefficient (Wildman–Crippen LogP) is 0.748. The maximum Gasteiger partial charge on any atom is 0.377 e. The van der Waals surface area contributed by atoms with E-state index in [1.165, 1.54) is 12.3 Å². The Hall–Kier alpha value is -2.88. The normalized spacial score (nSPS) is 10.1. The fourth-order valence-corrected chi connectivity index (χ4v) is 1.43. The highest BCUT2D eigenvalue weighted by Gasteiger charge is 2.21. The van der Waals surface area contributed by atoms with Crippen molar-refractivity contribution in [3.05, 3.63) is 43.8 Å². The number of nitro groups is 1. The molecule has 2 heterocycles. The number of H-pyrrole nitrogens is 1. The third-order valence-electron chi connectivity index (χ3n) is 2.13. The van der Waals surface area contributed by atoms with Crippen molar-refractivity contribution >= 4 is 34.9 Å². The van der Waals surface area contributed by atoms with Gasteiger partial charge in [0.25, 0.3) is 0 Å². The molecule has 0 aliphatic rings. The maximum atomic E-state index is 11.4. The molecule has 0 radical (unpaired) electrons. The van der Waals surface area contributed by atoms with Gasteiger partial charge in [-0.05, 0) is 12.1 Å². The Morgan fingerprint density at radius 2 is 2.15 bits per heavy atom. The lowest BCUT2D eigenvalue weighted by molar-refractivity contribution is -0.385. The Morgan fingerprint density at radius 3 is 2.75 bits per heavy atom. The summed E-state index contributed by atoms with van der Waals surface area (Å²) in [4.78, 5) is 31.0. The van der Waals surface area contributed by atoms with Gasteiger partial charge in [0, 0.05) is 6.20 Å². The third kappa shape index (κ3) is 2.92. The molecule has 0 aromatic carbocycles. The Balaban J connectivity index is 2.27. The fourth-order valence-electron chi connectivity index (χ4n) is 1.31. The van der Waals surface area contributed by atoms with Crippen LogP contribution in [-0.2, 0) is 0 Å². The smallest absolute Gasteiger partial charge is 0.369 e. The van der Waals surface area contributed by atoms with Crippen LogP contribution in [0.25, 0.3) is 0 Å². The molecule has 11 heteroatoms. The van der Waals surface area contributed by atoms with Gasteiger partial charge in [-0.15, -0.1) is 0 Å². The molecule has 0 saturated carbocycles. The fraction of sp³-hybridized carbons (Fsp3) is 0. The summed E-state index contributed by atoms with van der Waals surface area (Å²) in [5, 5.41) is 11.2. The van der Waals surface area contributed by atoms with Crippen molar-refractivity contribution in [2.24, 2.45) is 0 Å². The van der Waals surface area contributed by atoms with Crippen molar-refractivity contribution < 1.29 is 4.92 Å². The second-order valence-electron chi connectivity index (χ2n) is 3.52. The molecule has 0 unspecified atom stereocenters. The molecule has 2 rings (SSSR count). The van der Waals surface area contributed by atoms with Gasteiger partial charge in [0.1, 0.15) is 5.82 Å². The molecular formula is C9H8ClN7O3. The lowest BCUT2D eigenvalue weighted by Crippen LogP contribution is -2.21. The van der Waals surface area contributed by atoms with Crippen LogP contribution in [0.15, 0.2) is 23.1 Å². The molecule has 0 amide bonds. The summed E-state index contributed by atoms with van der Waals surface area (Å²) in [7, 11) is 0. The zero-order chi connectivity index (χ0) is 14.7. The first-order valence-electron chi connectivity index (χ1n) is 5.15. The largest absolute Gasteiger partial charge is 0.377 e. The number of nitrogens with two attached hydrogens (primary N) is 1. The van der Waals surface area contributed by atoms with Crippen molar-refractivity contribution in [2.45, 2.75) is 0 Å². The molecule has 0 saturated heterocycles. The van der Waals surface area contributed by atoms with Gasteiger partial charge in [-0.25, -0.2) is 4.98 Å². The highest BCUT2D eigenvalue weighted by Crippen LogP contribution is 2.17. The molecule has 0 aliphatic carbocycles. The number of nitrogens with one attached hydrogen (secondary N) is 3. The highest BCUT2D eigenvalue weighted by atomic mass is 35.5. The van der Waals surface area contributed by atoms with Crippen molar-refractivity contribution in [3.8, 4) is 0 Å². The molecule has 20 heavy (non-hydrogen) atoms. The SMILES string of the molecule is Nc1nc(NNc2ccc(Cl)cn2)c([N+](=O)[O-])c(=O)[nH]1. The van der Waals surface area contributed by atoms with Crippen LogP contribution >= 0.6 is 11.6 Å². The molecule has 0 aliphatic heterocycles. The summed E-state index contributed by atoms with van der Waals surface area (Å²) in [6.45, 7) is 0. The van der Waals surface area contributed by atoms with E-state index in [1.54, 1.807) is 6.07 Å². The van der Waals surface area contributed by atoms with Crippen molar-refractivity contribution in [1.82, 2.24) is 15.0 Å². The van der Waals surface area contributed by atoms with Gasteiger partial charge in [0.15, 0.2) is 0 Å². The monoisotopic (exact) mass is 297 g/mol. The number of hydrogen-bond donors (Lipinski definition) is 4. The summed E-state index contributed by atoms with van der Waals surface area (Å²) in [6.07, 6.45) is 1.37. The Kier molecular flexibility index (Phi) is 3.66. The van der Waals surface area contributed by atoms with E-state index in [2.05, 4.69) is 20.8 Å². The van der Waals surface area contributed by atoms with Crippen LogP contribution in [0, 0.1) is 10.1 Å². The minimum atomic E-state index is -0.962. The van der Waals surface area contributed by atoms with Crippen molar-refractivity contribution in [2.75, 3.05) is 16.6 Å². The molecule has 5 N–H and O–H groups in total. The number of anilines is 3. The molecule has 0 spiro atoms. The van der Waals surface area contributed by atoms with Crippen LogP contribution in [0.2, 0.25) is 5.02 Å². The zero-order valence-electron chi connectivity index (χ0n) is 9.75. The molecule has 0 fully saturated rings. The van der Waals surface area contributed by atoms with E-state index in [1.807, 2.05) is 4.98 Å². The first-order chi connectivity index (χ1) is 9.47. The average Bonchev–Trinajstić information content (AvgIpc) is 2.36. The standard InChI is InChI=1S/C9H8ClN7O3/c10-4-1-2-5(12-3-4)15-16-7-6(17(19)20)8(18)14-9(11)13-7/h1-3H,(H,12,15)(H4,11,13,14,16,18). The van der Waals surface area contributed by atoms with Gasteiger partial charge >= 0.3 is 11.2 Å². The number of pyridine rings is 1. The van der Waals surface area contributed by atoms with E-state index < -0.39 is 16.2 Å². The zero-order valence-corrected chi connectivity index (χ0v) is 10.5. The van der Waals surface area contributed by atoms with E-state index in [-0.39, 0.29) is 11.8 Å². The minimum absolute atomic E-state index is 0.256. The number of hydrazine groups is 1. The van der Waals surface area contributed by atoms with Gasteiger partial charge in [-0.1, -0.05) is 11.6 Å². The van der Waals surface area contributed by atoms with E-state index in [0.29, 0.717) is 10.8 Å². The summed E-state index contributed by atoms with van der Waals surface area (Å²) in [6, 6.07) is 3.09. The van der Waals surface area contributed by atoms with Crippen LogP contribution < -0.4 is 22.1 Å². The number of aromatic nitrogens is 3. The number of hydrogen-bond acceptors (Lipinski definition) is 8. The van der Waals surface area contributed by atoms with Crippen molar-refractivity contribution in [1.29, 1.82) is 0 Å². The van der Waals surface area contributed by atoms with Gasteiger partial charge in [0.2, 0.25) is 11.8 Å². The Labute approximate surface area is 116 Å². The van der Waals surface area contributed by atoms with E-state index in [4.69, 9.17) is 17.3 Å². The van der Waals surface area contributed by atoms with Crippen LogP contribution in [0.1, 0.15) is 0 Å². The van der Waals surface area contributed by atoms with Crippen LogP contribution in [0.3, 0.4) is 0 Å². The third-order valence-corrected chi connectivity index (χ3v) is 2.36. The molecule has 2 aromatic rings. The molecule has 0 bridgehead atoms. The van der Waals surface area contributed by atoms with Crippen molar-refractivity contribution in [3.63, 3.8) is 0 Å². The van der Waals surface area contributed by atoms with Crippen LogP contribution in [0.5, 0.6) is 0 Å². The quantitative estimate of drug-likeness (QED) is 0.476. The molecule has 2 aromatic heterocycles. The number of rotatable bonds is 4. The summed E-state index contributed by atoms with van der Waals surface area (Å²) in [5.74, 6) is -0.258. The molecule has 104 valence electrons. The average molecular weight is 298 g/mol. The highest BCUT2D eigenvalue weighted by molar-refractivity contribution is 6.30. The second kappa shape index (κ2) is 5.40. The molecular weight excluding hydrogens is 290 g/mol. The first-order valence-corrected chi connectivity index (χ1v) is 5.53. The summed E-state index contributed by atoms with van der Waals surface area (Å²) in [5.41, 5.74) is 8.55. The molecule has 0 atom stereocenters. The number of nitrogens with zero attached hydrogens (tertiary/aromatic N) is 3. The number of aromatic amines is 1. The second-order valence-corrected chi connectivity index (χ2v) is 3.95. The summed E-state index contributed by atoms with van der Waals surface area (Å²) < 4.78 is 0. The van der Waals surface area contributed by atoms with E-state index in [9.17, 15) is 14.9 Å².